The molecule has 0 spiro atoms. The molecule has 154 valence electrons. The van der Waals surface area contributed by atoms with E-state index in [-0.39, 0.29) is 0 Å². The summed E-state index contributed by atoms with van der Waals surface area (Å²) in [5.41, 5.74) is 5.90. The van der Waals surface area contributed by atoms with Crippen LogP contribution < -0.4 is 25.4 Å². The third-order valence-electron chi connectivity index (χ3n) is 4.25. The molecule has 1 fully saturated rings. The molecule has 3 heterocycles. The van der Waals surface area contributed by atoms with Gasteiger partial charge in [0.1, 0.15) is 16.5 Å². The van der Waals surface area contributed by atoms with Gasteiger partial charge in [-0.1, -0.05) is 5.92 Å². The number of nitrogen functional groups attached to an aromatic ring is 1. The predicted octanol–water partition coefficient (Wildman–Crippen LogP) is 0.814. The molecular weight excluding hydrogens is 392 g/mol. The van der Waals surface area contributed by atoms with Crippen molar-refractivity contribution < 1.29 is 9.47 Å². The molecule has 1 saturated heterocycles. The van der Waals surface area contributed by atoms with E-state index in [9.17, 15) is 0 Å². The molecule has 0 unspecified atom stereocenters. The highest BCUT2D eigenvalue weighted by molar-refractivity contribution is 7.99. The van der Waals surface area contributed by atoms with Crippen molar-refractivity contribution in [3.63, 3.8) is 0 Å². The zero-order valence-corrected chi connectivity index (χ0v) is 17.5. The van der Waals surface area contributed by atoms with E-state index < -0.39 is 0 Å². The van der Waals surface area contributed by atoms with E-state index in [1.807, 2.05) is 0 Å². The normalized spacial score (nSPS) is 14.3. The van der Waals surface area contributed by atoms with E-state index >= 15 is 0 Å². The van der Waals surface area contributed by atoms with Crippen LogP contribution >= 0.6 is 11.8 Å². The lowest BCUT2D eigenvalue weighted by Gasteiger charge is -2.32. The minimum absolute atomic E-state index is 0.315. The Morgan fingerprint density at radius 3 is 2.38 bits per heavy atom. The molecule has 0 bridgehead atoms. The minimum Gasteiger partial charge on any atom is -0.480 e. The molecule has 0 amide bonds. The van der Waals surface area contributed by atoms with Crippen LogP contribution in [0.4, 0.5) is 17.6 Å². The third-order valence-corrected chi connectivity index (χ3v) is 5.17. The van der Waals surface area contributed by atoms with Crippen molar-refractivity contribution in [1.82, 2.24) is 24.8 Å². The van der Waals surface area contributed by atoms with Crippen LogP contribution in [0.1, 0.15) is 0 Å². The number of nitrogens with two attached hydrogens (primary N) is 1. The fourth-order valence-corrected chi connectivity index (χ4v) is 3.63. The highest BCUT2D eigenvalue weighted by atomic mass is 32.2. The lowest BCUT2D eigenvalue weighted by Crippen LogP contribution is -2.45. The fraction of sp³-hybridized carbons (Fsp3) is 0.444. The number of nitrogens with zero attached hydrogens (tertiary/aromatic N) is 6. The molecule has 2 aromatic rings. The van der Waals surface area contributed by atoms with Crippen LogP contribution in [0, 0.1) is 12.3 Å². The molecule has 0 atom stereocenters. The largest absolute Gasteiger partial charge is 0.480 e. The van der Waals surface area contributed by atoms with Gasteiger partial charge in [-0.15, -0.1) is 6.42 Å². The topological polar surface area (TPSA) is 115 Å². The van der Waals surface area contributed by atoms with Crippen LogP contribution in [0.3, 0.4) is 0 Å². The molecule has 3 rings (SSSR count). The number of terminal acetylenes is 1. The first kappa shape index (κ1) is 20.8. The van der Waals surface area contributed by atoms with Gasteiger partial charge in [-0.05, 0) is 18.8 Å². The molecule has 0 aliphatic carbocycles. The quantitative estimate of drug-likeness (QED) is 0.494. The molecule has 1 aliphatic rings. The summed E-state index contributed by atoms with van der Waals surface area (Å²) in [6.45, 7) is 3.87. The predicted molar refractivity (Wildman–Crippen MR) is 113 cm³/mol. The molecule has 29 heavy (non-hydrogen) atoms. The Bertz CT molecular complexity index is 871. The van der Waals surface area contributed by atoms with Crippen molar-refractivity contribution in [3.05, 3.63) is 6.07 Å². The Hall–Kier alpha value is -2.97. The molecule has 11 heteroatoms. The zero-order chi connectivity index (χ0) is 20.8. The number of hydrogen-bond donors (Lipinski definition) is 2. The van der Waals surface area contributed by atoms with Crippen molar-refractivity contribution >= 4 is 29.3 Å². The average Bonchev–Trinajstić information content (AvgIpc) is 2.72. The second-order valence-electron chi connectivity index (χ2n) is 6.28. The lowest BCUT2D eigenvalue weighted by atomic mass is 10.3. The fourth-order valence-electron chi connectivity index (χ4n) is 2.72. The Labute approximate surface area is 174 Å². The number of anilines is 3. The van der Waals surface area contributed by atoms with Gasteiger partial charge in [0.2, 0.25) is 17.7 Å². The van der Waals surface area contributed by atoms with Crippen molar-refractivity contribution in [1.29, 1.82) is 0 Å². The van der Waals surface area contributed by atoms with Crippen LogP contribution in [0.2, 0.25) is 0 Å². The molecule has 10 nitrogen and oxygen atoms in total. The van der Waals surface area contributed by atoms with Crippen molar-refractivity contribution in [2.24, 2.45) is 0 Å². The van der Waals surface area contributed by atoms with Crippen LogP contribution in [-0.2, 0) is 0 Å². The molecule has 0 radical (unpaired) electrons. The molecule has 3 N–H and O–H groups in total. The maximum absolute atomic E-state index is 5.90. The summed E-state index contributed by atoms with van der Waals surface area (Å²) < 4.78 is 11.0. The average molecular weight is 417 g/mol. The number of likely N-dealkylation sites (N-methyl/N-ethyl adjacent to an activating group) is 1. The lowest BCUT2D eigenvalue weighted by molar-refractivity contribution is 0.308. The highest BCUT2D eigenvalue weighted by Gasteiger charge is 2.23. The minimum atomic E-state index is 0.315. The Morgan fingerprint density at radius 1 is 1.14 bits per heavy atom. The summed E-state index contributed by atoms with van der Waals surface area (Å²) in [5.74, 6) is 4.69. The van der Waals surface area contributed by atoms with Crippen LogP contribution in [0.5, 0.6) is 11.8 Å². The smallest absolute Gasteiger partial charge is 0.236 e. The van der Waals surface area contributed by atoms with Gasteiger partial charge in [-0.3, -0.25) is 0 Å². The number of nitrogens with one attached hydrogen (secondary N) is 1. The van der Waals surface area contributed by atoms with Crippen molar-refractivity contribution in [2.75, 3.05) is 69.9 Å². The number of piperazine rings is 1. The van der Waals surface area contributed by atoms with Gasteiger partial charge < -0.3 is 30.3 Å². The summed E-state index contributed by atoms with van der Waals surface area (Å²) in [7, 11) is 5.21. The molecule has 1 aliphatic heterocycles. The maximum atomic E-state index is 5.90. The van der Waals surface area contributed by atoms with E-state index in [2.05, 4.69) is 48.0 Å². The Morgan fingerprint density at radius 2 is 1.79 bits per heavy atom. The summed E-state index contributed by atoms with van der Waals surface area (Å²) in [4.78, 5) is 22.8. The van der Waals surface area contributed by atoms with E-state index in [4.69, 9.17) is 21.6 Å². The van der Waals surface area contributed by atoms with Crippen LogP contribution in [-0.4, -0.2) is 78.8 Å². The van der Waals surface area contributed by atoms with Gasteiger partial charge in [0.15, 0.2) is 5.16 Å². The number of hydrogen-bond acceptors (Lipinski definition) is 11. The highest BCUT2D eigenvalue weighted by Crippen LogP contribution is 2.40. The van der Waals surface area contributed by atoms with Gasteiger partial charge >= 0.3 is 0 Å². The van der Waals surface area contributed by atoms with E-state index in [0.717, 1.165) is 26.2 Å². The van der Waals surface area contributed by atoms with Gasteiger partial charge in [0, 0.05) is 32.2 Å². The zero-order valence-electron chi connectivity index (χ0n) is 16.7. The van der Waals surface area contributed by atoms with E-state index in [1.165, 1.54) is 11.8 Å². The summed E-state index contributed by atoms with van der Waals surface area (Å²) >= 11 is 1.21. The standard InChI is InChI=1S/C18H24N8O2S/c1-5-6-20-13-11-12(19)21-18(22-13)29-14-15(27-3)23-17(24-16(14)28-4)26-9-7-25(2)8-10-26/h1,11H,6-10H2,2-4H3,(H3,19,20,21,22). The summed E-state index contributed by atoms with van der Waals surface area (Å²) in [6, 6.07) is 1.61. The summed E-state index contributed by atoms with van der Waals surface area (Å²) in [5, 5.41) is 3.39. The van der Waals surface area contributed by atoms with Crippen molar-refractivity contribution in [2.45, 2.75) is 10.1 Å². The first-order valence-corrected chi connectivity index (χ1v) is 9.79. The monoisotopic (exact) mass is 416 g/mol. The first-order chi connectivity index (χ1) is 14.0. The van der Waals surface area contributed by atoms with E-state index in [1.54, 1.807) is 20.3 Å². The second-order valence-corrected chi connectivity index (χ2v) is 7.26. The number of aromatic nitrogens is 4. The Kier molecular flexibility index (Phi) is 6.79. The van der Waals surface area contributed by atoms with Gasteiger partial charge in [0.25, 0.3) is 0 Å². The molecule has 0 saturated carbocycles. The maximum Gasteiger partial charge on any atom is 0.236 e. The van der Waals surface area contributed by atoms with Gasteiger partial charge in [-0.2, -0.15) is 9.97 Å². The number of rotatable bonds is 7. The number of methoxy groups -OCH3 is 2. The van der Waals surface area contributed by atoms with Crippen molar-refractivity contribution in [3.8, 4) is 24.1 Å². The van der Waals surface area contributed by atoms with Gasteiger partial charge in [-0.25, -0.2) is 9.97 Å². The SMILES string of the molecule is C#CCNc1cc(N)nc(Sc2c(OC)nc(N3CCN(C)CC3)nc2OC)n1. The van der Waals surface area contributed by atoms with E-state index in [0.29, 0.717) is 45.9 Å². The molecule has 0 aromatic carbocycles. The second kappa shape index (κ2) is 9.49. The first-order valence-electron chi connectivity index (χ1n) is 8.97. The Balaban J connectivity index is 1.91. The van der Waals surface area contributed by atoms with Crippen LogP contribution in [0.15, 0.2) is 16.1 Å². The number of ether oxygens (including phenoxy) is 2. The summed E-state index contributed by atoms with van der Waals surface area (Å²) in [6.07, 6.45) is 5.29. The molecule has 2 aromatic heterocycles. The van der Waals surface area contributed by atoms with Crippen LogP contribution in [0.25, 0.3) is 0 Å². The molecular formula is C18H24N8O2S. The third kappa shape index (κ3) is 5.10. The van der Waals surface area contributed by atoms with Gasteiger partial charge in [0.05, 0.1) is 20.8 Å².